The second-order valence-corrected chi connectivity index (χ2v) is 3.41. The van der Waals surface area contributed by atoms with Crippen LogP contribution >= 0.6 is 0 Å². The van der Waals surface area contributed by atoms with E-state index in [9.17, 15) is 0 Å². The number of hydrogen-bond acceptors (Lipinski definition) is 0. The number of allylic oxidation sites excluding steroid dienone is 4. The molecular formula is C13H24. The van der Waals surface area contributed by atoms with Crippen molar-refractivity contribution in [1.82, 2.24) is 0 Å². The monoisotopic (exact) mass is 180 g/mol. The zero-order chi connectivity index (χ0) is 10.1. The van der Waals surface area contributed by atoms with Gasteiger partial charge in [-0.25, -0.2) is 0 Å². The Balaban J connectivity index is 4.28. The van der Waals surface area contributed by atoms with Gasteiger partial charge in [0.25, 0.3) is 0 Å². The van der Waals surface area contributed by atoms with Crippen LogP contribution in [0.2, 0.25) is 0 Å². The van der Waals surface area contributed by atoms with E-state index in [1.165, 1.54) is 25.7 Å². The highest BCUT2D eigenvalue weighted by Gasteiger charge is 2.00. The van der Waals surface area contributed by atoms with Gasteiger partial charge >= 0.3 is 0 Å². The maximum atomic E-state index is 2.37. The van der Waals surface area contributed by atoms with Crippen molar-refractivity contribution in [3.05, 3.63) is 23.3 Å². The van der Waals surface area contributed by atoms with Crippen LogP contribution in [0.1, 0.15) is 59.8 Å². The highest BCUT2D eigenvalue weighted by Crippen LogP contribution is 2.20. The van der Waals surface area contributed by atoms with Gasteiger partial charge in [-0.3, -0.25) is 0 Å². The normalized spacial score (nSPS) is 13.5. The van der Waals surface area contributed by atoms with E-state index in [1.807, 2.05) is 0 Å². The van der Waals surface area contributed by atoms with Crippen molar-refractivity contribution in [3.8, 4) is 0 Å². The third-order valence-corrected chi connectivity index (χ3v) is 2.39. The molecule has 0 atom stereocenters. The molecule has 0 aromatic heterocycles. The van der Waals surface area contributed by atoms with Gasteiger partial charge in [0, 0.05) is 0 Å². The minimum atomic E-state index is 1.16. The molecule has 0 bridgehead atoms. The lowest BCUT2D eigenvalue weighted by Crippen LogP contribution is -1.89. The predicted octanol–water partition coefficient (Wildman–Crippen LogP) is 4.87. The lowest BCUT2D eigenvalue weighted by molar-refractivity contribution is 0.783. The highest BCUT2D eigenvalue weighted by atomic mass is 14.1. The van der Waals surface area contributed by atoms with Crippen molar-refractivity contribution in [2.24, 2.45) is 0 Å². The molecule has 0 aliphatic heterocycles. The second kappa shape index (κ2) is 8.10. The fraction of sp³-hybridized carbons (Fsp3) is 0.692. The number of hydrogen-bond donors (Lipinski definition) is 0. The quantitative estimate of drug-likeness (QED) is 0.512. The zero-order valence-electron chi connectivity index (χ0n) is 9.69. The second-order valence-electron chi connectivity index (χ2n) is 3.41. The molecule has 0 radical (unpaired) electrons. The van der Waals surface area contributed by atoms with Gasteiger partial charge in [0.15, 0.2) is 0 Å². The Morgan fingerprint density at radius 3 is 2.15 bits per heavy atom. The molecule has 0 fully saturated rings. The van der Waals surface area contributed by atoms with Crippen LogP contribution in [0.5, 0.6) is 0 Å². The van der Waals surface area contributed by atoms with Crippen molar-refractivity contribution < 1.29 is 0 Å². The van der Waals surface area contributed by atoms with Crippen LogP contribution in [0.25, 0.3) is 0 Å². The van der Waals surface area contributed by atoms with E-state index < -0.39 is 0 Å². The van der Waals surface area contributed by atoms with Gasteiger partial charge in [-0.2, -0.15) is 0 Å². The van der Waals surface area contributed by atoms with Gasteiger partial charge in [-0.15, -0.1) is 0 Å². The maximum absolute atomic E-state index is 2.37. The van der Waals surface area contributed by atoms with Crippen molar-refractivity contribution >= 4 is 0 Å². The van der Waals surface area contributed by atoms with E-state index in [0.29, 0.717) is 0 Å². The van der Waals surface area contributed by atoms with Crippen molar-refractivity contribution in [2.75, 3.05) is 0 Å². The van der Waals surface area contributed by atoms with Crippen LogP contribution in [0, 0.1) is 0 Å². The van der Waals surface area contributed by atoms with Gasteiger partial charge in [-0.05, 0) is 43.8 Å². The molecule has 0 amide bonds. The third-order valence-electron chi connectivity index (χ3n) is 2.39. The first-order chi connectivity index (χ1) is 6.29. The summed E-state index contributed by atoms with van der Waals surface area (Å²) in [6, 6.07) is 0. The topological polar surface area (TPSA) is 0 Å². The average molecular weight is 180 g/mol. The van der Waals surface area contributed by atoms with Crippen LogP contribution < -0.4 is 0 Å². The van der Waals surface area contributed by atoms with E-state index in [-0.39, 0.29) is 0 Å². The summed E-state index contributed by atoms with van der Waals surface area (Å²) in [5.74, 6) is 0. The van der Waals surface area contributed by atoms with Gasteiger partial charge in [0.2, 0.25) is 0 Å². The molecule has 0 heteroatoms. The number of rotatable bonds is 6. The van der Waals surface area contributed by atoms with Crippen LogP contribution in [-0.2, 0) is 0 Å². The SMILES string of the molecule is C/C=C(CCCC)\C(=C/CC)CC. The van der Waals surface area contributed by atoms with Crippen LogP contribution in [0.3, 0.4) is 0 Å². The van der Waals surface area contributed by atoms with E-state index in [0.717, 1.165) is 6.42 Å². The fourth-order valence-electron chi connectivity index (χ4n) is 1.61. The fourth-order valence-corrected chi connectivity index (χ4v) is 1.61. The summed E-state index contributed by atoms with van der Waals surface area (Å²) in [6.07, 6.45) is 10.9. The van der Waals surface area contributed by atoms with E-state index in [1.54, 1.807) is 11.1 Å². The molecule has 0 saturated heterocycles. The first-order valence-electron chi connectivity index (χ1n) is 5.64. The lowest BCUT2D eigenvalue weighted by atomic mass is 9.97. The molecule has 0 N–H and O–H groups in total. The molecular weight excluding hydrogens is 156 g/mol. The third kappa shape index (κ3) is 4.92. The Labute approximate surface area is 83.7 Å². The summed E-state index contributed by atoms with van der Waals surface area (Å²) < 4.78 is 0. The van der Waals surface area contributed by atoms with Gasteiger partial charge in [-0.1, -0.05) is 39.3 Å². The van der Waals surface area contributed by atoms with Gasteiger partial charge < -0.3 is 0 Å². The maximum Gasteiger partial charge on any atom is -0.0280 e. The predicted molar refractivity (Wildman–Crippen MR) is 61.9 cm³/mol. The molecule has 76 valence electrons. The Hall–Kier alpha value is -0.520. The summed E-state index contributed by atoms with van der Waals surface area (Å²) in [5, 5.41) is 0. The Morgan fingerprint density at radius 2 is 1.77 bits per heavy atom. The minimum Gasteiger partial charge on any atom is -0.0842 e. The van der Waals surface area contributed by atoms with Crippen LogP contribution in [-0.4, -0.2) is 0 Å². The van der Waals surface area contributed by atoms with Crippen LogP contribution in [0.15, 0.2) is 23.3 Å². The van der Waals surface area contributed by atoms with Crippen molar-refractivity contribution in [1.29, 1.82) is 0 Å². The molecule has 0 aliphatic rings. The first-order valence-corrected chi connectivity index (χ1v) is 5.64. The van der Waals surface area contributed by atoms with Crippen LogP contribution in [0.4, 0.5) is 0 Å². The Bertz CT molecular complexity index is 172. The standard InChI is InChI=1S/C13H24/c1-5-9-11-13(8-4)12(7-3)10-6-2/h8,10H,5-7,9,11H2,1-4H3/b12-10-,13-8-. The Morgan fingerprint density at radius 1 is 1.08 bits per heavy atom. The highest BCUT2D eigenvalue weighted by molar-refractivity contribution is 5.29. The largest absolute Gasteiger partial charge is 0.0842 e. The molecule has 0 aromatic rings. The molecule has 0 aromatic carbocycles. The molecule has 0 spiro atoms. The van der Waals surface area contributed by atoms with E-state index in [4.69, 9.17) is 0 Å². The van der Waals surface area contributed by atoms with Crippen molar-refractivity contribution in [3.63, 3.8) is 0 Å². The molecule has 0 unspecified atom stereocenters. The average Bonchev–Trinajstić information content (AvgIpc) is 2.17. The smallest absolute Gasteiger partial charge is 0.0280 e. The summed E-state index contributed by atoms with van der Waals surface area (Å²) in [6.45, 7) is 8.87. The summed E-state index contributed by atoms with van der Waals surface area (Å²) >= 11 is 0. The summed E-state index contributed by atoms with van der Waals surface area (Å²) in [7, 11) is 0. The summed E-state index contributed by atoms with van der Waals surface area (Å²) in [4.78, 5) is 0. The molecule has 0 heterocycles. The van der Waals surface area contributed by atoms with Gasteiger partial charge in [0.05, 0.1) is 0 Å². The molecule has 13 heavy (non-hydrogen) atoms. The van der Waals surface area contributed by atoms with E-state index in [2.05, 4.69) is 39.8 Å². The molecule has 0 saturated carbocycles. The molecule has 0 aliphatic carbocycles. The summed E-state index contributed by atoms with van der Waals surface area (Å²) in [5.41, 5.74) is 3.12. The van der Waals surface area contributed by atoms with E-state index >= 15 is 0 Å². The minimum absolute atomic E-state index is 1.16. The molecule has 0 rings (SSSR count). The molecule has 0 nitrogen and oxygen atoms in total. The first kappa shape index (κ1) is 12.5. The Kier molecular flexibility index (Phi) is 7.77. The zero-order valence-corrected chi connectivity index (χ0v) is 9.69. The van der Waals surface area contributed by atoms with Crippen molar-refractivity contribution in [2.45, 2.75) is 59.8 Å². The number of unbranched alkanes of at least 4 members (excludes halogenated alkanes) is 1. The lowest BCUT2D eigenvalue weighted by Gasteiger charge is -2.09. The van der Waals surface area contributed by atoms with Gasteiger partial charge in [0.1, 0.15) is 0 Å².